The number of phenolic OH excluding ortho intramolecular Hbond substituents is 2. The predicted molar refractivity (Wildman–Crippen MR) is 246 cm³/mol. The molecule has 0 saturated heterocycles. The van der Waals surface area contributed by atoms with Gasteiger partial charge in [-0.1, -0.05) is 176 Å². The smallest absolute Gasteiger partial charge is 0.177 e. The molecule has 61 heavy (non-hydrogen) atoms. The van der Waals surface area contributed by atoms with E-state index in [9.17, 15) is 10.2 Å². The van der Waals surface area contributed by atoms with Gasteiger partial charge in [-0.05, 0) is 69.3 Å². The highest BCUT2D eigenvalue weighted by Crippen LogP contribution is 2.47. The van der Waals surface area contributed by atoms with E-state index in [0.29, 0.717) is 53.5 Å². The molecule has 0 unspecified atom stereocenters. The predicted octanol–water partition coefficient (Wildman–Crippen LogP) is 13.5. The van der Waals surface area contributed by atoms with Gasteiger partial charge < -0.3 is 24.3 Å². The van der Waals surface area contributed by atoms with Crippen molar-refractivity contribution in [3.8, 4) is 40.2 Å². The fourth-order valence-corrected chi connectivity index (χ4v) is 7.35. The minimum Gasteiger partial charge on any atom is -0.508 e. The summed E-state index contributed by atoms with van der Waals surface area (Å²) in [5.74, 6) is 2.96. The number of hydrogen-bond donors (Lipinski definition) is 2. The van der Waals surface area contributed by atoms with Crippen LogP contribution in [-0.2, 0) is 25.7 Å². The second kappa shape index (κ2) is 19.8. The molecular formula is C56H47NO4. The molecule has 2 N–H and O–H groups in total. The molecule has 0 atom stereocenters. The molecule has 1 aromatic heterocycles. The summed E-state index contributed by atoms with van der Waals surface area (Å²) in [7, 11) is 0. The molecular weight excluding hydrogens is 751 g/mol. The maximum absolute atomic E-state index is 12.0. The van der Waals surface area contributed by atoms with E-state index < -0.39 is 0 Å². The topological polar surface area (TPSA) is 63.9 Å². The molecule has 0 amide bonds. The molecule has 9 aromatic rings. The molecule has 1 heterocycles. The molecule has 5 heteroatoms. The van der Waals surface area contributed by atoms with Crippen LogP contribution in [0, 0.1) is 0 Å². The quantitative estimate of drug-likeness (QED) is 0.122. The number of aromatic nitrogens is 1. The highest BCUT2D eigenvalue weighted by molar-refractivity contribution is 5.66. The van der Waals surface area contributed by atoms with Gasteiger partial charge in [-0.15, -0.1) is 0 Å². The third-order valence-electron chi connectivity index (χ3n) is 10.5. The van der Waals surface area contributed by atoms with Crippen molar-refractivity contribution in [2.24, 2.45) is 0 Å². The number of benzene rings is 8. The summed E-state index contributed by atoms with van der Waals surface area (Å²) in [5.41, 5.74) is 8.96. The summed E-state index contributed by atoms with van der Waals surface area (Å²) in [6.07, 6.45) is 6.49. The van der Waals surface area contributed by atoms with Gasteiger partial charge in [0.05, 0.1) is 5.69 Å². The van der Waals surface area contributed by atoms with Gasteiger partial charge in [-0.2, -0.15) is 0 Å². The first-order valence-electron chi connectivity index (χ1n) is 20.5. The van der Waals surface area contributed by atoms with Crippen molar-refractivity contribution in [2.75, 3.05) is 0 Å². The van der Waals surface area contributed by atoms with Crippen LogP contribution in [0.2, 0.25) is 0 Å². The number of rotatable bonds is 13. The highest BCUT2D eigenvalue weighted by atomic mass is 16.5. The van der Waals surface area contributed by atoms with Gasteiger partial charge in [0.2, 0.25) is 0 Å². The standard InChI is InChI=1S/C43H35NO3.C13H12O/c45-42-37(30-34-20-8-3-9-21-34)43(47-40-25-13-11-23-36(40)29-33-18-6-2-7-19-33)41(31-38(42)44-26-14-15-27-44)46-39-24-12-10-22-35(39)28-32-16-4-1-5-17-32;14-13-9-5-4-8-12(13)10-11-6-2-1-3-7-11/h1-27,31,45H,28-30H2;1-9,14H,10H2. The van der Waals surface area contributed by atoms with E-state index in [0.717, 1.165) is 34.4 Å². The second-order valence-electron chi connectivity index (χ2n) is 14.8. The molecule has 9 rings (SSSR count). The molecule has 5 nitrogen and oxygen atoms in total. The Morgan fingerprint density at radius 2 is 0.754 bits per heavy atom. The zero-order chi connectivity index (χ0) is 41.6. The van der Waals surface area contributed by atoms with E-state index in [2.05, 4.69) is 72.8 Å². The Balaban J connectivity index is 0.000000310. The van der Waals surface area contributed by atoms with Crippen LogP contribution in [0.5, 0.6) is 34.5 Å². The van der Waals surface area contributed by atoms with Crippen LogP contribution in [-0.4, -0.2) is 14.8 Å². The summed E-state index contributed by atoms with van der Waals surface area (Å²) in [5, 5.41) is 21.5. The van der Waals surface area contributed by atoms with Crippen molar-refractivity contribution in [3.05, 3.63) is 269 Å². The van der Waals surface area contributed by atoms with E-state index in [1.54, 1.807) is 6.07 Å². The van der Waals surface area contributed by atoms with Crippen molar-refractivity contribution < 1.29 is 19.7 Å². The van der Waals surface area contributed by atoms with E-state index >= 15 is 0 Å². The largest absolute Gasteiger partial charge is 0.508 e. The normalized spacial score (nSPS) is 10.7. The van der Waals surface area contributed by atoms with Crippen LogP contribution < -0.4 is 9.47 Å². The molecule has 300 valence electrons. The lowest BCUT2D eigenvalue weighted by molar-refractivity contribution is 0.400. The maximum Gasteiger partial charge on any atom is 0.177 e. The Morgan fingerprint density at radius 3 is 1.25 bits per heavy atom. The number of para-hydroxylation sites is 3. The number of hydrogen-bond acceptors (Lipinski definition) is 4. The number of ether oxygens (including phenoxy) is 2. The average molecular weight is 798 g/mol. The number of nitrogens with zero attached hydrogens (tertiary/aromatic N) is 1. The van der Waals surface area contributed by atoms with Crippen molar-refractivity contribution in [1.29, 1.82) is 0 Å². The third-order valence-corrected chi connectivity index (χ3v) is 10.5. The summed E-state index contributed by atoms with van der Waals surface area (Å²) >= 11 is 0. The van der Waals surface area contributed by atoms with Gasteiger partial charge in [-0.25, -0.2) is 0 Å². The lowest BCUT2D eigenvalue weighted by Gasteiger charge is -2.22. The molecule has 0 aliphatic carbocycles. The van der Waals surface area contributed by atoms with E-state index in [1.807, 2.05) is 150 Å². The highest BCUT2D eigenvalue weighted by Gasteiger charge is 2.24. The van der Waals surface area contributed by atoms with Crippen LogP contribution >= 0.6 is 0 Å². The third kappa shape index (κ3) is 10.5. The van der Waals surface area contributed by atoms with Gasteiger partial charge in [-0.3, -0.25) is 0 Å². The fourth-order valence-electron chi connectivity index (χ4n) is 7.35. The average Bonchev–Trinajstić information content (AvgIpc) is 3.85. The lowest BCUT2D eigenvalue weighted by Crippen LogP contribution is -2.04. The molecule has 0 aliphatic heterocycles. The minimum atomic E-state index is 0.144. The van der Waals surface area contributed by atoms with Crippen LogP contribution in [0.1, 0.15) is 44.5 Å². The maximum atomic E-state index is 12.0. The summed E-state index contributed by atoms with van der Waals surface area (Å²) in [6, 6.07) is 70.4. The van der Waals surface area contributed by atoms with Crippen molar-refractivity contribution in [1.82, 2.24) is 4.57 Å². The van der Waals surface area contributed by atoms with E-state index in [1.165, 1.54) is 16.7 Å². The fraction of sp³-hybridized carbons (Fsp3) is 0.0714. The molecule has 8 aromatic carbocycles. The monoisotopic (exact) mass is 797 g/mol. The van der Waals surface area contributed by atoms with Gasteiger partial charge in [0.25, 0.3) is 0 Å². The number of phenols is 2. The Morgan fingerprint density at radius 1 is 0.361 bits per heavy atom. The zero-order valence-corrected chi connectivity index (χ0v) is 33.8. The van der Waals surface area contributed by atoms with Crippen molar-refractivity contribution in [2.45, 2.75) is 25.7 Å². The zero-order valence-electron chi connectivity index (χ0n) is 33.8. The van der Waals surface area contributed by atoms with Crippen molar-refractivity contribution in [3.63, 3.8) is 0 Å². The molecule has 0 spiro atoms. The van der Waals surface area contributed by atoms with Crippen LogP contribution in [0.25, 0.3) is 5.69 Å². The Kier molecular flexibility index (Phi) is 13.0. The summed E-state index contributed by atoms with van der Waals surface area (Å²) in [6.45, 7) is 0. The van der Waals surface area contributed by atoms with Crippen LogP contribution in [0.3, 0.4) is 0 Å². The van der Waals surface area contributed by atoms with Gasteiger partial charge in [0, 0.05) is 49.7 Å². The molecule has 0 aliphatic rings. The van der Waals surface area contributed by atoms with Crippen LogP contribution in [0.4, 0.5) is 0 Å². The second-order valence-corrected chi connectivity index (χ2v) is 14.8. The first-order chi connectivity index (χ1) is 30.1. The summed E-state index contributed by atoms with van der Waals surface area (Å²) < 4.78 is 15.7. The lowest BCUT2D eigenvalue weighted by atomic mass is 10.0. The first-order valence-corrected chi connectivity index (χ1v) is 20.5. The number of aromatic hydroxyl groups is 2. The Hall–Kier alpha value is -7.76. The van der Waals surface area contributed by atoms with Crippen LogP contribution in [0.15, 0.2) is 225 Å². The Labute approximate surface area is 358 Å². The molecule has 0 fully saturated rings. The first kappa shape index (κ1) is 40.0. The Bertz CT molecular complexity index is 2750. The van der Waals surface area contributed by atoms with Crippen molar-refractivity contribution >= 4 is 0 Å². The van der Waals surface area contributed by atoms with E-state index in [-0.39, 0.29) is 5.75 Å². The van der Waals surface area contributed by atoms with Gasteiger partial charge in [0.15, 0.2) is 11.5 Å². The summed E-state index contributed by atoms with van der Waals surface area (Å²) in [4.78, 5) is 0. The minimum absolute atomic E-state index is 0.144. The molecule has 0 saturated carbocycles. The van der Waals surface area contributed by atoms with Gasteiger partial charge in [0.1, 0.15) is 23.0 Å². The molecule has 0 radical (unpaired) electrons. The van der Waals surface area contributed by atoms with Gasteiger partial charge >= 0.3 is 0 Å². The van der Waals surface area contributed by atoms with E-state index in [4.69, 9.17) is 9.47 Å². The SMILES string of the molecule is Oc1c(-n2cccc2)cc(Oc2ccccc2Cc2ccccc2)c(Oc2ccccc2Cc2ccccc2)c1Cc1ccccc1.Oc1ccccc1Cc1ccccc1. The molecule has 0 bridgehead atoms.